The molecule has 0 aliphatic rings. The van der Waals surface area contributed by atoms with Gasteiger partial charge >= 0.3 is 0 Å². The summed E-state index contributed by atoms with van der Waals surface area (Å²) < 4.78 is 10.9. The number of hydrogen-bond acceptors (Lipinski definition) is 6. The van der Waals surface area contributed by atoms with E-state index in [1.807, 2.05) is 27.7 Å². The molecule has 0 N–H and O–H groups in total. The zero-order valence-corrected chi connectivity index (χ0v) is 13.8. The fraction of sp³-hybridized carbons (Fsp3) is 0.571. The summed E-state index contributed by atoms with van der Waals surface area (Å²) in [4.78, 5) is 13.5. The van der Waals surface area contributed by atoms with E-state index in [9.17, 15) is 4.79 Å². The second-order valence-corrected chi connectivity index (χ2v) is 6.57. The maximum Gasteiger partial charge on any atom is 0.228 e. The van der Waals surface area contributed by atoms with Crippen molar-refractivity contribution < 1.29 is 9.53 Å². The molecule has 21 heavy (non-hydrogen) atoms. The maximum atomic E-state index is 12.9. The topological polar surface area (TPSA) is 69.9 Å². The minimum Gasteiger partial charge on any atom is -0.493 e. The average Bonchev–Trinajstić information content (AvgIpc) is 3.04. The highest BCUT2D eigenvalue weighted by molar-refractivity contribution is 7.08. The van der Waals surface area contributed by atoms with Gasteiger partial charge in [0, 0.05) is 12.0 Å². The van der Waals surface area contributed by atoms with Crippen molar-refractivity contribution in [2.24, 2.45) is 0 Å². The van der Waals surface area contributed by atoms with Gasteiger partial charge in [0.05, 0.1) is 19.0 Å². The second kappa shape index (κ2) is 5.93. The van der Waals surface area contributed by atoms with Gasteiger partial charge in [-0.15, -0.1) is 5.10 Å². The lowest BCUT2D eigenvalue weighted by molar-refractivity contribution is 0.102. The molecule has 0 unspecified atom stereocenters. The molecule has 7 heteroatoms. The Bertz CT molecular complexity index is 640. The van der Waals surface area contributed by atoms with Crippen LogP contribution in [0.1, 0.15) is 55.2 Å². The molecule has 0 aromatic carbocycles. The first-order valence-corrected chi connectivity index (χ1v) is 7.64. The van der Waals surface area contributed by atoms with Crippen molar-refractivity contribution in [2.45, 2.75) is 46.1 Å². The molecule has 0 fully saturated rings. The molecular weight excluding hydrogens is 288 g/mol. The molecule has 0 spiro atoms. The highest BCUT2D eigenvalue weighted by Gasteiger charge is 2.30. The Morgan fingerprint density at radius 3 is 2.71 bits per heavy atom. The first-order chi connectivity index (χ1) is 9.90. The summed E-state index contributed by atoms with van der Waals surface area (Å²) >= 11 is 1.12. The molecule has 6 nitrogen and oxygen atoms in total. The highest BCUT2D eigenvalue weighted by Crippen LogP contribution is 2.30. The Labute approximate surface area is 128 Å². The number of carbonyl (C=O) groups excluding carboxylic acids is 1. The summed E-state index contributed by atoms with van der Waals surface area (Å²) in [6, 6.07) is 0. The Morgan fingerprint density at radius 1 is 1.43 bits per heavy atom. The Kier molecular flexibility index (Phi) is 4.41. The summed E-state index contributed by atoms with van der Waals surface area (Å²) in [5, 5.41) is 8.36. The van der Waals surface area contributed by atoms with E-state index in [0.717, 1.165) is 18.0 Å². The average molecular weight is 308 g/mol. The van der Waals surface area contributed by atoms with Crippen LogP contribution in [0.2, 0.25) is 0 Å². The molecule has 2 aromatic heterocycles. The number of ketones is 1. The molecule has 0 amide bonds. The van der Waals surface area contributed by atoms with Crippen molar-refractivity contribution >= 4 is 17.3 Å². The number of aromatic nitrogens is 4. The summed E-state index contributed by atoms with van der Waals surface area (Å²) in [5.41, 5.74) is 0.945. The summed E-state index contributed by atoms with van der Waals surface area (Å²) in [5.74, 6) is 0.361. The van der Waals surface area contributed by atoms with Crippen LogP contribution in [0.4, 0.5) is 0 Å². The van der Waals surface area contributed by atoms with E-state index in [1.54, 1.807) is 18.0 Å². The molecule has 2 heterocycles. The smallest absolute Gasteiger partial charge is 0.228 e. The van der Waals surface area contributed by atoms with Crippen LogP contribution in [-0.4, -0.2) is 32.3 Å². The lowest BCUT2D eigenvalue weighted by atomic mass is 9.90. The van der Waals surface area contributed by atoms with E-state index in [1.165, 1.54) is 0 Å². The van der Waals surface area contributed by atoms with Crippen LogP contribution >= 0.6 is 11.5 Å². The van der Waals surface area contributed by atoms with E-state index < -0.39 is 0 Å². The number of rotatable bonds is 5. The predicted molar refractivity (Wildman–Crippen MR) is 81.1 cm³/mol. The standard InChI is InChI=1S/C14H20N4O2S/c1-6-7-18-10(9(20-5)8-15-18)11(19)12-13(14(2,3)4)16-17-21-12/h8H,6-7H2,1-5H3. The molecule has 114 valence electrons. The summed E-state index contributed by atoms with van der Waals surface area (Å²) in [7, 11) is 1.54. The summed E-state index contributed by atoms with van der Waals surface area (Å²) in [6.07, 6.45) is 2.46. The molecule has 0 radical (unpaired) electrons. The molecule has 0 saturated carbocycles. The van der Waals surface area contributed by atoms with Gasteiger partial charge < -0.3 is 4.74 Å². The normalized spacial score (nSPS) is 11.7. The SMILES string of the molecule is CCCn1ncc(OC)c1C(=O)c1snnc1C(C)(C)C. The van der Waals surface area contributed by atoms with Crippen LogP contribution in [0, 0.1) is 0 Å². The van der Waals surface area contributed by atoms with E-state index in [2.05, 4.69) is 14.7 Å². The van der Waals surface area contributed by atoms with Gasteiger partial charge in [-0.2, -0.15) is 5.10 Å². The number of methoxy groups -OCH3 is 1. The minimum absolute atomic E-state index is 0.127. The summed E-state index contributed by atoms with van der Waals surface area (Å²) in [6.45, 7) is 8.75. The third-order valence-corrected chi connectivity index (χ3v) is 3.81. The first kappa shape index (κ1) is 15.6. The zero-order chi connectivity index (χ0) is 15.6. The fourth-order valence-electron chi connectivity index (χ4n) is 2.07. The number of nitrogens with zero attached hydrogens (tertiary/aromatic N) is 4. The maximum absolute atomic E-state index is 12.9. The highest BCUT2D eigenvalue weighted by atomic mass is 32.1. The second-order valence-electron chi connectivity index (χ2n) is 5.81. The van der Waals surface area contributed by atoms with Crippen LogP contribution in [0.25, 0.3) is 0 Å². The van der Waals surface area contributed by atoms with Crippen LogP contribution in [0.5, 0.6) is 5.75 Å². The molecule has 0 atom stereocenters. The first-order valence-electron chi connectivity index (χ1n) is 6.87. The Hall–Kier alpha value is -1.76. The van der Waals surface area contributed by atoms with Gasteiger partial charge in [-0.3, -0.25) is 9.48 Å². The van der Waals surface area contributed by atoms with Crippen LogP contribution in [-0.2, 0) is 12.0 Å². The predicted octanol–water partition coefficient (Wildman–Crippen LogP) is 2.68. The van der Waals surface area contributed by atoms with Crippen molar-refractivity contribution in [3.8, 4) is 5.75 Å². The van der Waals surface area contributed by atoms with Crippen LogP contribution in [0.15, 0.2) is 6.20 Å². The third kappa shape index (κ3) is 2.97. The molecule has 0 bridgehead atoms. The molecular formula is C14H20N4O2S. The van der Waals surface area contributed by atoms with Crippen molar-refractivity contribution in [2.75, 3.05) is 7.11 Å². The molecule has 2 aromatic rings. The van der Waals surface area contributed by atoms with Gasteiger partial charge in [-0.1, -0.05) is 32.2 Å². The molecule has 0 saturated heterocycles. The Balaban J connectivity index is 2.50. The number of hydrogen-bond donors (Lipinski definition) is 0. The van der Waals surface area contributed by atoms with Crippen molar-refractivity contribution in [3.63, 3.8) is 0 Å². The third-order valence-electron chi connectivity index (χ3n) is 3.08. The van der Waals surface area contributed by atoms with E-state index >= 15 is 0 Å². The van der Waals surface area contributed by atoms with Gasteiger partial charge in [-0.25, -0.2) is 0 Å². The van der Waals surface area contributed by atoms with Gasteiger partial charge in [-0.05, 0) is 18.0 Å². The minimum atomic E-state index is -0.235. The van der Waals surface area contributed by atoms with Gasteiger partial charge in [0.15, 0.2) is 11.4 Å². The van der Waals surface area contributed by atoms with Crippen molar-refractivity contribution in [3.05, 3.63) is 22.5 Å². The largest absolute Gasteiger partial charge is 0.493 e. The lowest BCUT2D eigenvalue weighted by Gasteiger charge is -2.16. The monoisotopic (exact) mass is 308 g/mol. The van der Waals surface area contributed by atoms with Gasteiger partial charge in [0.1, 0.15) is 4.88 Å². The fourth-order valence-corrected chi connectivity index (χ4v) is 2.88. The van der Waals surface area contributed by atoms with Crippen LogP contribution < -0.4 is 4.74 Å². The molecule has 0 aliphatic heterocycles. The lowest BCUT2D eigenvalue weighted by Crippen LogP contribution is -2.19. The molecule has 2 rings (SSSR count). The van der Waals surface area contributed by atoms with E-state index in [4.69, 9.17) is 4.74 Å². The Morgan fingerprint density at radius 2 is 2.14 bits per heavy atom. The number of ether oxygens (including phenoxy) is 1. The quantitative estimate of drug-likeness (QED) is 0.794. The molecule has 0 aliphatic carbocycles. The number of aryl methyl sites for hydroxylation is 1. The number of carbonyl (C=O) groups is 1. The van der Waals surface area contributed by atoms with E-state index in [0.29, 0.717) is 28.6 Å². The zero-order valence-electron chi connectivity index (χ0n) is 13.0. The van der Waals surface area contributed by atoms with Crippen molar-refractivity contribution in [1.29, 1.82) is 0 Å². The van der Waals surface area contributed by atoms with Crippen LogP contribution in [0.3, 0.4) is 0 Å². The van der Waals surface area contributed by atoms with Crippen molar-refractivity contribution in [1.82, 2.24) is 19.4 Å². The van der Waals surface area contributed by atoms with Gasteiger partial charge in [0.2, 0.25) is 5.78 Å². The van der Waals surface area contributed by atoms with E-state index in [-0.39, 0.29) is 11.2 Å². The van der Waals surface area contributed by atoms with Gasteiger partial charge in [0.25, 0.3) is 0 Å².